The predicted molar refractivity (Wildman–Crippen MR) is 67.8 cm³/mol. The maximum Gasteiger partial charge on any atom is 0.319 e. The Morgan fingerprint density at radius 3 is 2.56 bits per heavy atom. The molecule has 18 heavy (non-hydrogen) atoms. The molecule has 96 valence electrons. The molecule has 0 saturated carbocycles. The van der Waals surface area contributed by atoms with E-state index in [1.807, 2.05) is 0 Å². The number of hydrogen-bond donors (Lipinski definition) is 2. The summed E-state index contributed by atoms with van der Waals surface area (Å²) < 4.78 is 5.17. The van der Waals surface area contributed by atoms with Gasteiger partial charge in [-0.3, -0.25) is 4.79 Å². The molecule has 1 aliphatic heterocycles. The van der Waals surface area contributed by atoms with Crippen LogP contribution < -0.4 is 10.6 Å². The zero-order chi connectivity index (χ0) is 13.0. The molecule has 1 saturated heterocycles. The minimum Gasteiger partial charge on any atom is -0.379 e. The highest BCUT2D eigenvalue weighted by atomic mass is 16.5. The number of nitrogens with one attached hydrogen (secondary N) is 2. The van der Waals surface area contributed by atoms with Gasteiger partial charge in [-0.1, -0.05) is 0 Å². The number of carbonyl (C=O) groups excluding carboxylic acids is 2. The van der Waals surface area contributed by atoms with E-state index in [9.17, 15) is 9.59 Å². The molecule has 1 unspecified atom stereocenters. The first-order chi connectivity index (χ1) is 8.65. The summed E-state index contributed by atoms with van der Waals surface area (Å²) in [5, 5.41) is 5.54. The highest BCUT2D eigenvalue weighted by Crippen LogP contribution is 2.10. The summed E-state index contributed by atoms with van der Waals surface area (Å²) in [7, 11) is 0. The molecule has 5 nitrogen and oxygen atoms in total. The van der Waals surface area contributed by atoms with Gasteiger partial charge >= 0.3 is 6.03 Å². The molecule has 2 N–H and O–H groups in total. The molecule has 0 aromatic heterocycles. The van der Waals surface area contributed by atoms with Crippen molar-refractivity contribution in [2.75, 3.05) is 18.5 Å². The molecule has 1 aliphatic rings. The lowest BCUT2D eigenvalue weighted by Crippen LogP contribution is -2.38. The average molecular weight is 248 g/mol. The Bertz CT molecular complexity index is 436. The van der Waals surface area contributed by atoms with Crippen molar-refractivity contribution in [1.82, 2.24) is 5.32 Å². The Morgan fingerprint density at radius 2 is 2.00 bits per heavy atom. The van der Waals surface area contributed by atoms with E-state index in [0.29, 0.717) is 24.5 Å². The third-order valence-electron chi connectivity index (χ3n) is 2.81. The summed E-state index contributed by atoms with van der Waals surface area (Å²) in [6, 6.07) is 6.64. The first-order valence-electron chi connectivity index (χ1n) is 5.91. The molecule has 1 atom stereocenters. The summed E-state index contributed by atoms with van der Waals surface area (Å²) in [6.45, 7) is 2.77. The maximum absolute atomic E-state index is 11.6. The number of urea groups is 1. The smallest absolute Gasteiger partial charge is 0.319 e. The Morgan fingerprint density at radius 1 is 1.28 bits per heavy atom. The SMILES string of the molecule is CC(=O)c1ccc(NC(=O)NC2CCOC2)cc1. The number of ether oxygens (including phenoxy) is 1. The Kier molecular flexibility index (Phi) is 3.94. The highest BCUT2D eigenvalue weighted by Gasteiger charge is 2.17. The molecular weight excluding hydrogens is 232 g/mol. The van der Waals surface area contributed by atoms with E-state index >= 15 is 0 Å². The number of amides is 2. The summed E-state index contributed by atoms with van der Waals surface area (Å²) in [6.07, 6.45) is 0.844. The lowest BCUT2D eigenvalue weighted by atomic mass is 10.1. The van der Waals surface area contributed by atoms with Crippen LogP contribution in [0.1, 0.15) is 23.7 Å². The second kappa shape index (κ2) is 5.64. The van der Waals surface area contributed by atoms with Crippen molar-refractivity contribution in [2.45, 2.75) is 19.4 Å². The van der Waals surface area contributed by atoms with Gasteiger partial charge in [0.2, 0.25) is 0 Å². The van der Waals surface area contributed by atoms with Crippen molar-refractivity contribution >= 4 is 17.5 Å². The second-order valence-electron chi connectivity index (χ2n) is 4.29. The van der Waals surface area contributed by atoms with Crippen LogP contribution in [-0.4, -0.2) is 31.1 Å². The number of benzene rings is 1. The molecule has 1 fully saturated rings. The molecular formula is C13H16N2O3. The molecule has 5 heteroatoms. The van der Waals surface area contributed by atoms with Gasteiger partial charge in [0.05, 0.1) is 12.6 Å². The van der Waals surface area contributed by atoms with Gasteiger partial charge < -0.3 is 15.4 Å². The van der Waals surface area contributed by atoms with Crippen molar-refractivity contribution < 1.29 is 14.3 Å². The molecule has 1 heterocycles. The van der Waals surface area contributed by atoms with Gasteiger partial charge in [-0.15, -0.1) is 0 Å². The minimum atomic E-state index is -0.249. The van der Waals surface area contributed by atoms with Crippen LogP contribution in [0.5, 0.6) is 0 Å². The number of anilines is 1. The van der Waals surface area contributed by atoms with E-state index < -0.39 is 0 Å². The first-order valence-corrected chi connectivity index (χ1v) is 5.91. The van der Waals surface area contributed by atoms with E-state index in [-0.39, 0.29) is 17.9 Å². The quantitative estimate of drug-likeness (QED) is 0.801. The van der Waals surface area contributed by atoms with Crippen LogP contribution in [0, 0.1) is 0 Å². The fraction of sp³-hybridized carbons (Fsp3) is 0.385. The Balaban J connectivity index is 1.88. The standard InChI is InChI=1S/C13H16N2O3/c1-9(16)10-2-4-11(5-3-10)14-13(17)15-12-6-7-18-8-12/h2-5,12H,6-8H2,1H3,(H2,14,15,17). The largest absolute Gasteiger partial charge is 0.379 e. The van der Waals surface area contributed by atoms with Gasteiger partial charge in [-0.25, -0.2) is 4.79 Å². The van der Waals surface area contributed by atoms with Crippen LogP contribution in [0.2, 0.25) is 0 Å². The van der Waals surface area contributed by atoms with Crippen LogP contribution >= 0.6 is 0 Å². The number of Topliss-reactive ketones (excluding diaryl/α,β-unsaturated/α-hetero) is 1. The fourth-order valence-electron chi connectivity index (χ4n) is 1.79. The Hall–Kier alpha value is -1.88. The van der Waals surface area contributed by atoms with E-state index in [2.05, 4.69) is 10.6 Å². The van der Waals surface area contributed by atoms with Crippen molar-refractivity contribution in [2.24, 2.45) is 0 Å². The van der Waals surface area contributed by atoms with E-state index in [4.69, 9.17) is 4.74 Å². The summed E-state index contributed by atoms with van der Waals surface area (Å²) in [4.78, 5) is 22.7. The molecule has 0 aliphatic carbocycles. The van der Waals surface area contributed by atoms with Gasteiger partial charge in [0.25, 0.3) is 0 Å². The van der Waals surface area contributed by atoms with Gasteiger partial charge in [-0.2, -0.15) is 0 Å². The van der Waals surface area contributed by atoms with Gasteiger partial charge in [0.1, 0.15) is 0 Å². The van der Waals surface area contributed by atoms with Crippen molar-refractivity contribution in [3.63, 3.8) is 0 Å². The minimum absolute atomic E-state index is 0.00843. The van der Waals surface area contributed by atoms with Crippen molar-refractivity contribution in [1.29, 1.82) is 0 Å². The van der Waals surface area contributed by atoms with Crippen LogP contribution in [0.25, 0.3) is 0 Å². The molecule has 0 spiro atoms. The number of hydrogen-bond acceptors (Lipinski definition) is 3. The zero-order valence-electron chi connectivity index (χ0n) is 10.2. The van der Waals surface area contributed by atoms with Gasteiger partial charge in [0.15, 0.2) is 5.78 Å². The van der Waals surface area contributed by atoms with Crippen LogP contribution in [0.4, 0.5) is 10.5 Å². The average Bonchev–Trinajstić information content (AvgIpc) is 2.82. The normalized spacial score (nSPS) is 18.4. The van der Waals surface area contributed by atoms with Crippen LogP contribution in [0.15, 0.2) is 24.3 Å². The second-order valence-corrected chi connectivity index (χ2v) is 4.29. The van der Waals surface area contributed by atoms with Crippen molar-refractivity contribution in [3.05, 3.63) is 29.8 Å². The van der Waals surface area contributed by atoms with E-state index in [1.54, 1.807) is 24.3 Å². The van der Waals surface area contributed by atoms with Gasteiger partial charge in [-0.05, 0) is 37.6 Å². The maximum atomic E-state index is 11.6. The Labute approximate surface area is 106 Å². The summed E-state index contributed by atoms with van der Waals surface area (Å²) in [5.74, 6) is 0.00843. The van der Waals surface area contributed by atoms with E-state index in [0.717, 1.165) is 6.42 Å². The molecule has 1 aromatic rings. The third-order valence-corrected chi connectivity index (χ3v) is 2.81. The molecule has 2 rings (SSSR count). The number of rotatable bonds is 3. The lowest BCUT2D eigenvalue weighted by Gasteiger charge is -2.11. The molecule has 1 aromatic carbocycles. The van der Waals surface area contributed by atoms with Crippen LogP contribution in [0.3, 0.4) is 0 Å². The van der Waals surface area contributed by atoms with Gasteiger partial charge in [0, 0.05) is 17.9 Å². The lowest BCUT2D eigenvalue weighted by molar-refractivity contribution is 0.101. The molecule has 0 bridgehead atoms. The molecule has 2 amide bonds. The zero-order valence-corrected chi connectivity index (χ0v) is 10.2. The first kappa shape index (κ1) is 12.6. The van der Waals surface area contributed by atoms with Crippen molar-refractivity contribution in [3.8, 4) is 0 Å². The topological polar surface area (TPSA) is 67.4 Å². The summed E-state index contributed by atoms with van der Waals surface area (Å²) in [5.41, 5.74) is 1.29. The monoisotopic (exact) mass is 248 g/mol. The number of ketones is 1. The highest BCUT2D eigenvalue weighted by molar-refractivity contribution is 5.95. The van der Waals surface area contributed by atoms with E-state index in [1.165, 1.54) is 6.92 Å². The van der Waals surface area contributed by atoms with Crippen LogP contribution in [-0.2, 0) is 4.74 Å². The third kappa shape index (κ3) is 3.30. The summed E-state index contributed by atoms with van der Waals surface area (Å²) >= 11 is 0. The molecule has 0 radical (unpaired) electrons. The fourth-order valence-corrected chi connectivity index (χ4v) is 1.79. The predicted octanol–water partition coefficient (Wildman–Crippen LogP) is 1.80. The number of carbonyl (C=O) groups is 2.